The molecule has 0 unspecified atom stereocenters. The van der Waals surface area contributed by atoms with Crippen LogP contribution in [0.3, 0.4) is 0 Å². The highest BCUT2D eigenvalue weighted by Gasteiger charge is 2.19. The van der Waals surface area contributed by atoms with Crippen molar-refractivity contribution in [1.82, 2.24) is 9.13 Å². The summed E-state index contributed by atoms with van der Waals surface area (Å²) in [6.07, 6.45) is 0. The Balaban J connectivity index is 1.45. The number of para-hydroxylation sites is 3. The van der Waals surface area contributed by atoms with Crippen molar-refractivity contribution < 1.29 is 0 Å². The van der Waals surface area contributed by atoms with Gasteiger partial charge in [0.1, 0.15) is 6.07 Å². The molecule has 2 heterocycles. The Morgan fingerprint density at radius 2 is 1.11 bits per heavy atom. The lowest BCUT2D eigenvalue weighted by atomic mass is 9.99. The van der Waals surface area contributed by atoms with E-state index in [0.29, 0.717) is 16.7 Å². The molecule has 0 spiro atoms. The third kappa shape index (κ3) is 3.63. The van der Waals surface area contributed by atoms with Crippen LogP contribution < -0.4 is 0 Å². The van der Waals surface area contributed by atoms with Crippen LogP contribution in [0.1, 0.15) is 16.7 Å². The number of nitrogens with zero attached hydrogens (tertiary/aromatic N) is 5. The van der Waals surface area contributed by atoms with E-state index in [0.717, 1.165) is 66.1 Å². The van der Waals surface area contributed by atoms with Gasteiger partial charge in [0, 0.05) is 32.8 Å². The largest absolute Gasteiger partial charge is 0.309 e. The van der Waals surface area contributed by atoms with Gasteiger partial charge in [-0.05, 0) is 78.4 Å². The number of aromatic nitrogens is 2. The number of fused-ring (bicyclic) bond motifs is 6. The molecule has 0 bridgehead atoms. The maximum absolute atomic E-state index is 9.90. The maximum atomic E-state index is 9.90. The lowest BCUT2D eigenvalue weighted by Gasteiger charge is -2.13. The van der Waals surface area contributed by atoms with Crippen LogP contribution in [0, 0.1) is 34.0 Å². The second-order valence-electron chi connectivity index (χ2n) is 10.8. The first kappa shape index (κ1) is 25.1. The molecule has 0 atom stereocenters. The summed E-state index contributed by atoms with van der Waals surface area (Å²) in [5.74, 6) is 0. The van der Waals surface area contributed by atoms with Crippen molar-refractivity contribution in [2.45, 2.75) is 0 Å². The molecule has 0 amide bonds. The number of hydrogen-bond acceptors (Lipinski definition) is 3. The molecular formula is C39H21N5. The van der Waals surface area contributed by atoms with Crippen molar-refractivity contribution in [1.29, 1.82) is 15.8 Å². The van der Waals surface area contributed by atoms with Gasteiger partial charge in [0.05, 0.1) is 56.6 Å². The monoisotopic (exact) mass is 559 g/mol. The second-order valence-corrected chi connectivity index (χ2v) is 10.8. The first-order chi connectivity index (χ1) is 21.7. The summed E-state index contributed by atoms with van der Waals surface area (Å²) in [7, 11) is 0. The highest BCUT2D eigenvalue weighted by Crippen LogP contribution is 2.41. The van der Waals surface area contributed by atoms with Crippen LogP contribution in [-0.4, -0.2) is 9.13 Å². The van der Waals surface area contributed by atoms with E-state index in [9.17, 15) is 15.8 Å². The molecule has 0 saturated heterocycles. The van der Waals surface area contributed by atoms with Gasteiger partial charge in [-0.2, -0.15) is 15.8 Å². The number of rotatable bonds is 3. The molecule has 0 N–H and O–H groups in total. The third-order valence-electron chi connectivity index (χ3n) is 8.42. The van der Waals surface area contributed by atoms with Crippen LogP contribution in [-0.2, 0) is 0 Å². The molecule has 44 heavy (non-hydrogen) atoms. The summed E-state index contributed by atoms with van der Waals surface area (Å²) in [4.78, 5) is 0. The van der Waals surface area contributed by atoms with Crippen LogP contribution in [0.4, 0.5) is 0 Å². The van der Waals surface area contributed by atoms with Crippen LogP contribution in [0.5, 0.6) is 0 Å². The normalized spacial score (nSPS) is 11.1. The highest BCUT2D eigenvalue weighted by atomic mass is 15.0. The zero-order valence-corrected chi connectivity index (χ0v) is 23.4. The first-order valence-corrected chi connectivity index (χ1v) is 14.2. The summed E-state index contributed by atoms with van der Waals surface area (Å²) in [5, 5.41) is 33.2. The average Bonchev–Trinajstić information content (AvgIpc) is 3.60. The fourth-order valence-corrected chi connectivity index (χ4v) is 6.49. The zero-order chi connectivity index (χ0) is 29.8. The van der Waals surface area contributed by atoms with E-state index in [1.54, 1.807) is 0 Å². The number of nitriles is 3. The van der Waals surface area contributed by atoms with Crippen molar-refractivity contribution in [3.63, 3.8) is 0 Å². The fourth-order valence-electron chi connectivity index (χ4n) is 6.49. The zero-order valence-electron chi connectivity index (χ0n) is 23.4. The van der Waals surface area contributed by atoms with Crippen molar-refractivity contribution in [2.24, 2.45) is 0 Å². The molecule has 6 aromatic carbocycles. The first-order valence-electron chi connectivity index (χ1n) is 14.2. The predicted molar refractivity (Wildman–Crippen MR) is 175 cm³/mol. The average molecular weight is 560 g/mol. The molecule has 0 aliphatic carbocycles. The molecule has 0 fully saturated rings. The molecule has 5 nitrogen and oxygen atoms in total. The van der Waals surface area contributed by atoms with E-state index in [-0.39, 0.29) is 0 Å². The standard InChI is InChI=1S/C39H21N5/c40-22-25-12-16-29(17-13-25)43-37-18-14-26(23-41)20-33(37)32-9-5-8-30(39(32)43)27-15-19-38-34(21-27)31-7-2-4-11-36(31)44(38)35-10-3-1-6-28(35)24-42/h1-21H. The Morgan fingerprint density at radius 3 is 1.93 bits per heavy atom. The molecule has 0 aliphatic heterocycles. The van der Waals surface area contributed by atoms with Crippen LogP contribution in [0.25, 0.3) is 66.1 Å². The van der Waals surface area contributed by atoms with Crippen LogP contribution in [0.15, 0.2) is 127 Å². The van der Waals surface area contributed by atoms with Gasteiger partial charge in [-0.25, -0.2) is 0 Å². The van der Waals surface area contributed by atoms with Gasteiger partial charge in [0.25, 0.3) is 0 Å². The number of benzene rings is 6. The van der Waals surface area contributed by atoms with E-state index in [1.165, 1.54) is 0 Å². The van der Waals surface area contributed by atoms with Crippen molar-refractivity contribution >= 4 is 43.6 Å². The van der Waals surface area contributed by atoms with Crippen molar-refractivity contribution in [3.05, 3.63) is 144 Å². The lowest BCUT2D eigenvalue weighted by Crippen LogP contribution is -1.97. The van der Waals surface area contributed by atoms with Gasteiger partial charge in [0.2, 0.25) is 0 Å². The maximum Gasteiger partial charge on any atom is 0.101 e. The molecule has 5 heteroatoms. The Morgan fingerprint density at radius 1 is 0.455 bits per heavy atom. The van der Waals surface area contributed by atoms with Gasteiger partial charge in [-0.15, -0.1) is 0 Å². The molecular weight excluding hydrogens is 538 g/mol. The minimum absolute atomic E-state index is 0.598. The SMILES string of the molecule is N#Cc1ccc(-n2c3ccc(C#N)cc3c3cccc(-c4ccc5c(c4)c4ccccc4n5-c4ccccc4C#N)c32)cc1. The minimum atomic E-state index is 0.598. The fraction of sp³-hybridized carbons (Fsp3) is 0. The van der Waals surface area contributed by atoms with Gasteiger partial charge < -0.3 is 9.13 Å². The number of hydrogen-bond donors (Lipinski definition) is 0. The van der Waals surface area contributed by atoms with E-state index in [1.807, 2.05) is 78.9 Å². The molecule has 202 valence electrons. The lowest BCUT2D eigenvalue weighted by molar-refractivity contribution is 1.17. The second kappa shape index (κ2) is 9.74. The van der Waals surface area contributed by atoms with Gasteiger partial charge in [-0.1, -0.05) is 54.6 Å². The topological polar surface area (TPSA) is 81.2 Å². The molecule has 0 aliphatic rings. The Hall–Kier alpha value is -6.61. The summed E-state index contributed by atoms with van der Waals surface area (Å²) in [6, 6.07) is 49.1. The Labute approximate surface area is 252 Å². The van der Waals surface area contributed by atoms with E-state index >= 15 is 0 Å². The van der Waals surface area contributed by atoms with E-state index < -0.39 is 0 Å². The molecule has 8 rings (SSSR count). The van der Waals surface area contributed by atoms with Crippen molar-refractivity contribution in [3.8, 4) is 40.7 Å². The third-order valence-corrected chi connectivity index (χ3v) is 8.42. The highest BCUT2D eigenvalue weighted by molar-refractivity contribution is 6.16. The van der Waals surface area contributed by atoms with Gasteiger partial charge in [-0.3, -0.25) is 0 Å². The van der Waals surface area contributed by atoms with Gasteiger partial charge >= 0.3 is 0 Å². The Bertz CT molecular complexity index is 2580. The Kier molecular flexibility index (Phi) is 5.56. The smallest absolute Gasteiger partial charge is 0.101 e. The summed E-state index contributed by atoms with van der Waals surface area (Å²) >= 11 is 0. The summed E-state index contributed by atoms with van der Waals surface area (Å²) in [5.41, 5.74) is 9.80. The minimum Gasteiger partial charge on any atom is -0.309 e. The van der Waals surface area contributed by atoms with Crippen LogP contribution in [0.2, 0.25) is 0 Å². The molecule has 8 aromatic rings. The van der Waals surface area contributed by atoms with Gasteiger partial charge in [0.15, 0.2) is 0 Å². The molecule has 0 saturated carbocycles. The van der Waals surface area contributed by atoms with Crippen molar-refractivity contribution in [2.75, 3.05) is 0 Å². The molecule has 0 radical (unpaired) electrons. The quantitative estimate of drug-likeness (QED) is 0.216. The summed E-state index contributed by atoms with van der Waals surface area (Å²) < 4.78 is 4.39. The van der Waals surface area contributed by atoms with E-state index in [2.05, 4.69) is 75.9 Å². The van der Waals surface area contributed by atoms with Crippen LogP contribution >= 0.6 is 0 Å². The van der Waals surface area contributed by atoms with E-state index in [4.69, 9.17) is 0 Å². The predicted octanol–water partition coefficient (Wildman–Crippen LogP) is 9.16. The molecule has 2 aromatic heterocycles. The summed E-state index contributed by atoms with van der Waals surface area (Å²) in [6.45, 7) is 0.